The van der Waals surface area contributed by atoms with Crippen LogP contribution in [-0.4, -0.2) is 6.29 Å². The summed E-state index contributed by atoms with van der Waals surface area (Å²) in [6, 6.07) is 0. The van der Waals surface area contributed by atoms with Gasteiger partial charge in [0.05, 0.1) is 0 Å². The van der Waals surface area contributed by atoms with E-state index in [9.17, 15) is 4.79 Å². The van der Waals surface area contributed by atoms with Crippen LogP contribution in [0.5, 0.6) is 0 Å². The number of hydrogen-bond acceptors (Lipinski definition) is 1. The van der Waals surface area contributed by atoms with Gasteiger partial charge in [-0.1, -0.05) is 187 Å². The summed E-state index contributed by atoms with van der Waals surface area (Å²) in [7, 11) is 0. The highest BCUT2D eigenvalue weighted by Gasteiger charge is 2.96. The van der Waals surface area contributed by atoms with E-state index in [2.05, 4.69) is 187 Å². The molecule has 1 nitrogen and oxygen atoms in total. The predicted molar refractivity (Wildman–Crippen MR) is 205 cm³/mol. The van der Waals surface area contributed by atoms with Gasteiger partial charge in [-0.25, -0.2) is 0 Å². The molecule has 0 aromatic rings. The average molecular weight is 653 g/mol. The van der Waals surface area contributed by atoms with E-state index in [-0.39, 0.29) is 98.5 Å². The Labute approximate surface area is 295 Å². The Hall–Kier alpha value is -0.330. The van der Waals surface area contributed by atoms with Gasteiger partial charge in [0.25, 0.3) is 0 Å². The van der Waals surface area contributed by atoms with Crippen LogP contribution in [0, 0.1) is 98.5 Å². The number of hydrogen-bond donors (Lipinski definition) is 0. The topological polar surface area (TPSA) is 17.1 Å². The van der Waals surface area contributed by atoms with Crippen molar-refractivity contribution < 1.29 is 4.79 Å². The molecular formula is C46H84O. The van der Waals surface area contributed by atoms with E-state index in [0.29, 0.717) is 0 Å². The number of rotatable bonds is 1. The highest BCUT2D eigenvalue weighted by Crippen LogP contribution is 3.01. The molecule has 8 unspecified atom stereocenters. The van der Waals surface area contributed by atoms with Gasteiger partial charge in [-0.15, -0.1) is 0 Å². The Morgan fingerprint density at radius 2 is 0.574 bits per heavy atom. The summed E-state index contributed by atoms with van der Waals surface area (Å²) < 4.78 is 0. The third kappa shape index (κ3) is 2.70. The van der Waals surface area contributed by atoms with Gasteiger partial charge >= 0.3 is 0 Å². The Morgan fingerprint density at radius 3 is 0.936 bits per heavy atom. The lowest BCUT2D eigenvalue weighted by Gasteiger charge is -2.98. The van der Waals surface area contributed by atoms with Gasteiger partial charge in [-0.2, -0.15) is 0 Å². The molecule has 0 aliphatic heterocycles. The Kier molecular flexibility index (Phi) is 7.26. The van der Waals surface area contributed by atoms with Crippen molar-refractivity contribution in [1.29, 1.82) is 0 Å². The summed E-state index contributed by atoms with van der Waals surface area (Å²) in [4.78, 5) is 13.4. The molecule has 0 bridgehead atoms. The summed E-state index contributed by atoms with van der Waals surface area (Å²) >= 11 is 0. The second-order valence-corrected chi connectivity index (χ2v) is 24.6. The van der Waals surface area contributed by atoms with Crippen molar-refractivity contribution in [3.63, 3.8) is 0 Å². The summed E-state index contributed by atoms with van der Waals surface area (Å²) in [6.07, 6.45) is 1.36. The van der Waals surface area contributed by atoms with Gasteiger partial charge in [0, 0.05) is 5.92 Å². The molecule has 8 atom stereocenters. The second-order valence-electron chi connectivity index (χ2n) is 24.6. The molecule has 0 spiro atoms. The van der Waals surface area contributed by atoms with Gasteiger partial charge in [0.1, 0.15) is 6.29 Å². The highest BCUT2D eigenvalue weighted by atomic mass is 16.1. The molecular weight excluding hydrogens is 569 g/mol. The minimum absolute atomic E-state index is 0.0102. The van der Waals surface area contributed by atoms with Crippen LogP contribution in [0.1, 0.15) is 187 Å². The fraction of sp³-hybridized carbons (Fsp3) is 0.978. The van der Waals surface area contributed by atoms with Crippen LogP contribution in [0.2, 0.25) is 0 Å². The first-order chi connectivity index (χ1) is 20.1. The van der Waals surface area contributed by atoms with Crippen molar-refractivity contribution in [1.82, 2.24) is 0 Å². The van der Waals surface area contributed by atoms with Gasteiger partial charge in [0.15, 0.2) is 0 Å². The quantitative estimate of drug-likeness (QED) is 0.258. The molecule has 4 aliphatic rings. The molecule has 0 heterocycles. The monoisotopic (exact) mass is 653 g/mol. The zero-order valence-electron chi connectivity index (χ0n) is 37.1. The van der Waals surface area contributed by atoms with Crippen LogP contribution in [0.3, 0.4) is 0 Å². The molecule has 0 aromatic carbocycles. The molecule has 0 amide bonds. The van der Waals surface area contributed by atoms with Crippen molar-refractivity contribution >= 4 is 6.29 Å². The molecule has 0 saturated heterocycles. The van der Waals surface area contributed by atoms with Crippen LogP contribution in [0.4, 0.5) is 0 Å². The van der Waals surface area contributed by atoms with Crippen LogP contribution in [-0.2, 0) is 4.79 Å². The second kappa shape index (κ2) is 8.65. The summed E-state index contributed by atoms with van der Waals surface area (Å²) in [5, 5.41) is 0. The standard InChI is InChI=1S/C46H84O/c1-29-30(28-47)31(2,3)32(4,5)43(24)41(29,22)35(10,11)38(16,17)46(27)44(25)37(14,15)34(8,9)33(6,7)36(12,13)42(44,23)39(18,19)40(20,21)45(43,46)26/h28-30H,1-27H3. The normalized spacial score (nSPS) is 51.5. The van der Waals surface area contributed by atoms with E-state index >= 15 is 0 Å². The lowest BCUT2D eigenvalue weighted by Crippen LogP contribution is -2.94. The average Bonchev–Trinajstić information content (AvgIpc) is 2.90. The van der Waals surface area contributed by atoms with Crippen molar-refractivity contribution in [2.75, 3.05) is 0 Å². The number of aldehydes is 1. The molecule has 4 fully saturated rings. The van der Waals surface area contributed by atoms with Gasteiger partial charge in [-0.05, 0) is 92.6 Å². The van der Waals surface area contributed by atoms with Crippen LogP contribution in [0.25, 0.3) is 0 Å². The minimum atomic E-state index is -0.186. The molecule has 0 N–H and O–H groups in total. The number of carbonyl (C=O) groups is 1. The van der Waals surface area contributed by atoms with E-state index < -0.39 is 0 Å². The summed E-state index contributed by atoms with van der Waals surface area (Å²) in [6.45, 7) is 72.0. The fourth-order valence-corrected chi connectivity index (χ4v) is 18.4. The van der Waals surface area contributed by atoms with Crippen molar-refractivity contribution in [2.45, 2.75) is 187 Å². The smallest absolute Gasteiger partial charge is 0.123 e. The molecule has 4 rings (SSSR count). The van der Waals surface area contributed by atoms with Crippen LogP contribution >= 0.6 is 0 Å². The minimum Gasteiger partial charge on any atom is -0.303 e. The molecule has 274 valence electrons. The maximum Gasteiger partial charge on any atom is 0.123 e. The Morgan fingerprint density at radius 1 is 0.319 bits per heavy atom. The lowest BCUT2D eigenvalue weighted by atomic mass is 9.05. The highest BCUT2D eigenvalue weighted by molar-refractivity contribution is 5.58. The van der Waals surface area contributed by atoms with Gasteiger partial charge < -0.3 is 4.79 Å². The zero-order valence-corrected chi connectivity index (χ0v) is 37.1. The predicted octanol–water partition coefficient (Wildman–Crippen LogP) is 13.8. The third-order valence-electron chi connectivity index (χ3n) is 25.7. The van der Waals surface area contributed by atoms with E-state index in [0.717, 1.165) is 0 Å². The first-order valence-electron chi connectivity index (χ1n) is 19.6. The Balaban J connectivity index is 2.50. The van der Waals surface area contributed by atoms with E-state index in [1.165, 1.54) is 6.29 Å². The molecule has 0 radical (unpaired) electrons. The largest absolute Gasteiger partial charge is 0.303 e. The van der Waals surface area contributed by atoms with Crippen LogP contribution in [0.15, 0.2) is 0 Å². The number of fused-ring (bicyclic) bond motifs is 5. The van der Waals surface area contributed by atoms with Crippen molar-refractivity contribution in [3.8, 4) is 0 Å². The zero-order chi connectivity index (χ0) is 37.9. The molecule has 1 heteroatoms. The van der Waals surface area contributed by atoms with Crippen molar-refractivity contribution in [2.24, 2.45) is 98.5 Å². The summed E-state index contributed by atoms with van der Waals surface area (Å²) in [5.41, 5.74) is -1.29. The maximum atomic E-state index is 13.4. The fourth-order valence-electron chi connectivity index (χ4n) is 18.4. The third-order valence-corrected chi connectivity index (χ3v) is 25.7. The SMILES string of the molecule is CC1C(C=O)C(C)(C)C(C)(C)C2(C)C1(C)C(C)(C)C(C)(C)C1(C)C3(C)C(C)(C)C(C)(C)C(C)(C)C(C)(C)C3(C)C(C)(C)C(C)(C)C21C. The van der Waals surface area contributed by atoms with Gasteiger partial charge in [0.2, 0.25) is 0 Å². The summed E-state index contributed by atoms with van der Waals surface area (Å²) in [5.74, 6) is 0.221. The van der Waals surface area contributed by atoms with Crippen molar-refractivity contribution in [3.05, 3.63) is 0 Å². The van der Waals surface area contributed by atoms with E-state index in [1.807, 2.05) is 0 Å². The van der Waals surface area contributed by atoms with Crippen LogP contribution < -0.4 is 0 Å². The molecule has 4 saturated carbocycles. The van der Waals surface area contributed by atoms with E-state index in [1.54, 1.807) is 0 Å². The molecule has 4 aliphatic carbocycles. The maximum absolute atomic E-state index is 13.4. The Bertz CT molecular complexity index is 1370. The number of carbonyl (C=O) groups excluding carboxylic acids is 1. The first-order valence-corrected chi connectivity index (χ1v) is 19.6. The first kappa shape index (κ1) is 39.5. The van der Waals surface area contributed by atoms with E-state index in [4.69, 9.17) is 0 Å². The molecule has 0 aromatic heterocycles. The lowest BCUT2D eigenvalue weighted by molar-refractivity contribution is -0.513. The molecule has 47 heavy (non-hydrogen) atoms. The van der Waals surface area contributed by atoms with Gasteiger partial charge in [-0.3, -0.25) is 0 Å².